The highest BCUT2D eigenvalue weighted by Gasteiger charge is 2.28. The van der Waals surface area contributed by atoms with E-state index in [2.05, 4.69) is 31.8 Å². The molecule has 0 spiro atoms. The van der Waals surface area contributed by atoms with Gasteiger partial charge in [-0.25, -0.2) is 15.0 Å². The number of imidazole rings is 1. The minimum Gasteiger partial charge on any atom is -0.759 e. The fourth-order valence-electron chi connectivity index (χ4n) is 5.36. The molecular formula is C28H34N9O4-. The second kappa shape index (κ2) is 12.1. The predicted molar refractivity (Wildman–Crippen MR) is 154 cm³/mol. The van der Waals surface area contributed by atoms with Crippen LogP contribution in [0.1, 0.15) is 31.4 Å². The van der Waals surface area contributed by atoms with E-state index in [1.807, 2.05) is 23.7 Å². The van der Waals surface area contributed by atoms with Gasteiger partial charge in [0.2, 0.25) is 11.8 Å². The van der Waals surface area contributed by atoms with Crippen molar-refractivity contribution in [1.29, 1.82) is 0 Å². The van der Waals surface area contributed by atoms with Gasteiger partial charge < -0.3 is 39.3 Å². The third kappa shape index (κ3) is 5.95. The summed E-state index contributed by atoms with van der Waals surface area (Å²) < 4.78 is 19.9. The zero-order valence-electron chi connectivity index (χ0n) is 23.3. The summed E-state index contributed by atoms with van der Waals surface area (Å²) in [5.41, 5.74) is 3.36. The average Bonchev–Trinajstić information content (AvgIpc) is 3.39. The van der Waals surface area contributed by atoms with E-state index in [0.717, 1.165) is 67.1 Å². The number of aromatic nitrogens is 6. The molecule has 1 aliphatic carbocycles. The monoisotopic (exact) mass is 560 g/mol. The average molecular weight is 561 g/mol. The van der Waals surface area contributed by atoms with Gasteiger partial charge in [0, 0.05) is 51.7 Å². The Hall–Kier alpha value is -4.23. The van der Waals surface area contributed by atoms with Crippen LogP contribution in [-0.4, -0.2) is 75.0 Å². The van der Waals surface area contributed by atoms with Crippen LogP contribution in [-0.2, 0) is 18.4 Å². The Bertz CT molecular complexity index is 1450. The number of pyridine rings is 2. The lowest BCUT2D eigenvalue weighted by molar-refractivity contribution is 0.122. The highest BCUT2D eigenvalue weighted by Crippen LogP contribution is 2.34. The molecule has 4 aromatic rings. The molecule has 216 valence electrons. The molecule has 5 heterocycles. The standard InChI is InChI=1S/C28H34N9O4/c1-35(27-29-8-3-9-30-27)19-4-6-21(7-5-19)41-26-23-14-22(40-18-20-16-32-28(34-38)36(20)2)17-31-24(23)15-25(33-26)37-10-12-39-13-11-37/h3,8-9,14-17,19,21H,4-7,10-13,18H2,1-2H3,(H-,32,34,38)/q-1. The minimum atomic E-state index is 0.0315. The Balaban J connectivity index is 1.21. The quantitative estimate of drug-likeness (QED) is 0.301. The smallest absolute Gasteiger partial charge is 0.225 e. The van der Waals surface area contributed by atoms with Gasteiger partial charge in [0.25, 0.3) is 0 Å². The summed E-state index contributed by atoms with van der Waals surface area (Å²) >= 11 is 0. The van der Waals surface area contributed by atoms with Crippen LogP contribution < -0.4 is 24.8 Å². The maximum atomic E-state index is 11.0. The highest BCUT2D eigenvalue weighted by atomic mass is 16.5. The first kappa shape index (κ1) is 27.0. The highest BCUT2D eigenvalue weighted by molar-refractivity contribution is 5.87. The van der Waals surface area contributed by atoms with Crippen LogP contribution in [0, 0.1) is 5.21 Å². The second-order valence-corrected chi connectivity index (χ2v) is 10.4. The summed E-state index contributed by atoms with van der Waals surface area (Å²) in [6.07, 6.45) is 10.6. The first-order chi connectivity index (χ1) is 20.1. The maximum absolute atomic E-state index is 11.0. The number of nitrogens with zero attached hydrogens (tertiary/aromatic N) is 8. The molecule has 4 aromatic heterocycles. The molecule has 41 heavy (non-hydrogen) atoms. The maximum Gasteiger partial charge on any atom is 0.225 e. The molecule has 13 nitrogen and oxygen atoms in total. The molecule has 0 atom stereocenters. The Morgan fingerprint density at radius 2 is 1.83 bits per heavy atom. The van der Waals surface area contributed by atoms with Crippen LogP contribution in [0.4, 0.5) is 17.7 Å². The molecule has 2 fully saturated rings. The third-order valence-corrected chi connectivity index (χ3v) is 7.84. The van der Waals surface area contributed by atoms with E-state index in [1.54, 1.807) is 36.4 Å². The summed E-state index contributed by atoms with van der Waals surface area (Å²) in [5.74, 6) is 2.94. The van der Waals surface area contributed by atoms with Crippen LogP contribution in [0.5, 0.6) is 11.6 Å². The van der Waals surface area contributed by atoms with Gasteiger partial charge >= 0.3 is 0 Å². The number of fused-ring (bicyclic) bond motifs is 1. The van der Waals surface area contributed by atoms with Crippen LogP contribution in [0.25, 0.3) is 10.9 Å². The molecule has 0 unspecified atom stereocenters. The van der Waals surface area contributed by atoms with Crippen molar-refractivity contribution < 1.29 is 14.2 Å². The van der Waals surface area contributed by atoms with Crippen LogP contribution >= 0.6 is 0 Å². The molecule has 0 aromatic carbocycles. The van der Waals surface area contributed by atoms with Gasteiger partial charge in [0.1, 0.15) is 24.3 Å². The van der Waals surface area contributed by atoms with E-state index in [1.165, 1.54) is 0 Å². The van der Waals surface area contributed by atoms with Crippen molar-refractivity contribution in [1.82, 2.24) is 29.5 Å². The minimum absolute atomic E-state index is 0.0315. The summed E-state index contributed by atoms with van der Waals surface area (Å²) in [5, 5.41) is 11.8. The number of nitrogens with one attached hydrogen (secondary N) is 1. The van der Waals surface area contributed by atoms with Gasteiger partial charge in [-0.15, -0.1) is 0 Å². The van der Waals surface area contributed by atoms with Crippen LogP contribution in [0.3, 0.4) is 0 Å². The number of hydrogen-bond acceptors (Lipinski definition) is 12. The predicted octanol–water partition coefficient (Wildman–Crippen LogP) is 3.31. The molecule has 13 heteroatoms. The van der Waals surface area contributed by atoms with Crippen molar-refractivity contribution in [2.45, 2.75) is 44.4 Å². The largest absolute Gasteiger partial charge is 0.759 e. The fraction of sp³-hybridized carbons (Fsp3) is 0.464. The van der Waals surface area contributed by atoms with E-state index < -0.39 is 0 Å². The normalized spacial score (nSPS) is 19.2. The Morgan fingerprint density at radius 3 is 2.56 bits per heavy atom. The topological polar surface area (TPSA) is 139 Å². The lowest BCUT2D eigenvalue weighted by atomic mass is 9.92. The van der Waals surface area contributed by atoms with Crippen molar-refractivity contribution in [3.63, 3.8) is 0 Å². The Kier molecular flexibility index (Phi) is 7.96. The molecule has 0 radical (unpaired) electrons. The van der Waals surface area contributed by atoms with E-state index >= 15 is 0 Å². The molecule has 1 saturated carbocycles. The first-order valence-corrected chi connectivity index (χ1v) is 13.9. The van der Waals surface area contributed by atoms with Gasteiger partial charge in [0.15, 0.2) is 5.95 Å². The molecule has 1 saturated heterocycles. The summed E-state index contributed by atoms with van der Waals surface area (Å²) in [6, 6.07) is 6.10. The van der Waals surface area contributed by atoms with E-state index in [4.69, 9.17) is 24.2 Å². The zero-order valence-corrected chi connectivity index (χ0v) is 23.3. The lowest BCUT2D eigenvalue weighted by Gasteiger charge is -2.34. The van der Waals surface area contributed by atoms with E-state index in [-0.39, 0.29) is 18.7 Å². The zero-order chi connectivity index (χ0) is 28.2. The summed E-state index contributed by atoms with van der Waals surface area (Å²) in [6.45, 7) is 3.09. The molecular weight excluding hydrogens is 526 g/mol. The molecule has 0 bridgehead atoms. The molecule has 6 rings (SSSR count). The molecule has 0 amide bonds. The molecule has 1 aliphatic heterocycles. The summed E-state index contributed by atoms with van der Waals surface area (Å²) in [7, 11) is 3.81. The van der Waals surface area contributed by atoms with Crippen molar-refractivity contribution in [3.8, 4) is 11.6 Å². The molecule has 1 N–H and O–H groups in total. The van der Waals surface area contributed by atoms with Crippen LogP contribution in [0.15, 0.2) is 43.0 Å². The number of ether oxygens (including phenoxy) is 3. The van der Waals surface area contributed by atoms with Gasteiger partial charge in [-0.2, -0.15) is 4.98 Å². The van der Waals surface area contributed by atoms with Gasteiger partial charge in [-0.3, -0.25) is 4.98 Å². The van der Waals surface area contributed by atoms with Crippen molar-refractivity contribution in [2.75, 3.05) is 48.6 Å². The fourth-order valence-corrected chi connectivity index (χ4v) is 5.36. The summed E-state index contributed by atoms with van der Waals surface area (Å²) in [4.78, 5) is 26.9. The molecule has 2 aliphatic rings. The number of hydrogen-bond donors (Lipinski definition) is 1. The first-order valence-electron chi connectivity index (χ1n) is 13.9. The lowest BCUT2D eigenvalue weighted by Crippen LogP contribution is -2.39. The van der Waals surface area contributed by atoms with Crippen molar-refractivity contribution >= 4 is 28.6 Å². The second-order valence-electron chi connectivity index (χ2n) is 10.4. The Morgan fingerprint density at radius 1 is 1.05 bits per heavy atom. The number of rotatable bonds is 9. The number of morpholine rings is 1. The third-order valence-electron chi connectivity index (χ3n) is 7.84. The van der Waals surface area contributed by atoms with Crippen molar-refractivity contribution in [2.24, 2.45) is 7.05 Å². The van der Waals surface area contributed by atoms with Crippen molar-refractivity contribution in [3.05, 3.63) is 53.9 Å². The SMILES string of the molecule is CN(c1ncccn1)C1CCC(Oc2nc(N3CCOCC3)cc3ncc(OCc4cnc(N[O-])n4C)cc23)CC1. The van der Waals surface area contributed by atoms with Crippen LogP contribution in [0.2, 0.25) is 0 Å². The van der Waals surface area contributed by atoms with Gasteiger partial charge in [-0.1, -0.05) is 0 Å². The van der Waals surface area contributed by atoms with E-state index in [9.17, 15) is 5.21 Å². The van der Waals surface area contributed by atoms with Gasteiger partial charge in [0.05, 0.1) is 42.2 Å². The van der Waals surface area contributed by atoms with E-state index in [0.29, 0.717) is 30.9 Å². The number of anilines is 3. The Labute approximate surface area is 238 Å². The van der Waals surface area contributed by atoms with Gasteiger partial charge in [-0.05, 0) is 37.8 Å².